The maximum absolute atomic E-state index is 12.1. The van der Waals surface area contributed by atoms with E-state index in [9.17, 15) is 4.79 Å². The van der Waals surface area contributed by atoms with Gasteiger partial charge in [-0.3, -0.25) is 4.79 Å². The average molecular weight is 352 g/mol. The summed E-state index contributed by atoms with van der Waals surface area (Å²) in [4.78, 5) is 14.5. The molecule has 0 aliphatic carbocycles. The van der Waals surface area contributed by atoms with Crippen LogP contribution in [-0.2, 0) is 18.3 Å². The summed E-state index contributed by atoms with van der Waals surface area (Å²) in [6, 6.07) is 12.4. The van der Waals surface area contributed by atoms with Crippen LogP contribution in [0.4, 0.5) is 5.69 Å². The Morgan fingerprint density at radius 2 is 1.77 bits per heavy atom. The summed E-state index contributed by atoms with van der Waals surface area (Å²) in [6.45, 7) is 4.20. The first-order chi connectivity index (χ1) is 12.6. The van der Waals surface area contributed by atoms with Gasteiger partial charge in [-0.1, -0.05) is 25.0 Å². The Morgan fingerprint density at radius 1 is 1.08 bits per heavy atom. The van der Waals surface area contributed by atoms with E-state index in [4.69, 9.17) is 0 Å². The van der Waals surface area contributed by atoms with Crippen LogP contribution < -0.4 is 10.3 Å². The third kappa shape index (κ3) is 4.75. The Balaban J connectivity index is 1.58. The number of carbonyl (C=O) groups excluding carboxylic acids is 1. The van der Waals surface area contributed by atoms with E-state index in [1.54, 1.807) is 0 Å². The molecule has 5 nitrogen and oxygen atoms in total. The number of nitrogens with zero attached hydrogens (tertiary/aromatic N) is 3. The fraction of sp³-hybridized carbons (Fsp3) is 0.429. The Hall–Kier alpha value is -2.56. The van der Waals surface area contributed by atoms with Crippen LogP contribution >= 0.6 is 0 Å². The van der Waals surface area contributed by atoms with E-state index in [1.165, 1.54) is 31.4 Å². The van der Waals surface area contributed by atoms with E-state index in [0.29, 0.717) is 6.42 Å². The smallest absolute Gasteiger partial charge is 0.246 e. The number of rotatable bonds is 5. The fourth-order valence-corrected chi connectivity index (χ4v) is 3.34. The first-order valence-corrected chi connectivity index (χ1v) is 9.42. The lowest BCUT2D eigenvalue weighted by Crippen LogP contribution is -2.24. The summed E-state index contributed by atoms with van der Waals surface area (Å²) in [6.07, 6.45) is 7.48. The van der Waals surface area contributed by atoms with E-state index in [0.717, 1.165) is 30.1 Å². The van der Waals surface area contributed by atoms with Crippen molar-refractivity contribution < 1.29 is 4.79 Å². The van der Waals surface area contributed by atoms with E-state index >= 15 is 0 Å². The van der Waals surface area contributed by atoms with E-state index in [1.807, 2.05) is 36.9 Å². The molecular weight excluding hydrogens is 324 g/mol. The van der Waals surface area contributed by atoms with Gasteiger partial charge in [0.2, 0.25) is 5.91 Å². The maximum atomic E-state index is 12.1. The lowest BCUT2D eigenvalue weighted by molar-refractivity contribution is -0.120. The number of benzene rings is 1. The molecule has 0 bridgehead atoms. The van der Waals surface area contributed by atoms with Gasteiger partial charge in [0.05, 0.1) is 12.1 Å². The van der Waals surface area contributed by atoms with Crippen LogP contribution in [0.1, 0.15) is 43.9 Å². The minimum absolute atomic E-state index is 0.104. The molecule has 0 unspecified atom stereocenters. The quantitative estimate of drug-likeness (QED) is 0.661. The van der Waals surface area contributed by atoms with Gasteiger partial charge in [-0.15, -0.1) is 0 Å². The Kier molecular flexibility index (Phi) is 6.10. The molecule has 138 valence electrons. The highest BCUT2D eigenvalue weighted by atomic mass is 16.2. The number of hydrazone groups is 1. The molecule has 0 radical (unpaired) electrons. The molecular formula is C21H28N4O. The Labute approximate surface area is 155 Å². The van der Waals surface area contributed by atoms with Crippen LogP contribution in [0.15, 0.2) is 47.7 Å². The molecule has 1 aliphatic heterocycles. The van der Waals surface area contributed by atoms with Crippen LogP contribution in [0, 0.1) is 0 Å². The van der Waals surface area contributed by atoms with Gasteiger partial charge in [0.25, 0.3) is 0 Å². The first-order valence-electron chi connectivity index (χ1n) is 9.42. The molecule has 2 heterocycles. The third-order valence-corrected chi connectivity index (χ3v) is 5.00. The second-order valence-electron chi connectivity index (χ2n) is 6.97. The molecule has 1 fully saturated rings. The summed E-state index contributed by atoms with van der Waals surface area (Å²) < 4.78 is 1.94. The second kappa shape index (κ2) is 8.70. The van der Waals surface area contributed by atoms with Crippen molar-refractivity contribution in [2.24, 2.45) is 12.1 Å². The summed E-state index contributed by atoms with van der Waals surface area (Å²) >= 11 is 0. The number of aromatic nitrogens is 1. The Bertz CT molecular complexity index is 753. The van der Waals surface area contributed by atoms with Gasteiger partial charge in [-0.25, -0.2) is 5.43 Å². The number of amides is 1. The molecule has 5 heteroatoms. The van der Waals surface area contributed by atoms with Crippen molar-refractivity contribution in [2.45, 2.75) is 39.0 Å². The number of aryl methyl sites for hydroxylation is 1. The van der Waals surface area contributed by atoms with E-state index in [-0.39, 0.29) is 5.91 Å². The standard InChI is InChI=1S/C21H28N4O/c1-17(22-23-21(26)16-20-8-7-13-24(20)2)18-9-11-19(12-10-18)25-14-5-3-4-6-15-25/h7-13H,3-6,14-16H2,1-2H3,(H,23,26)/b22-17+. The lowest BCUT2D eigenvalue weighted by Gasteiger charge is -2.22. The van der Waals surface area contributed by atoms with E-state index in [2.05, 4.69) is 39.7 Å². The van der Waals surface area contributed by atoms with E-state index < -0.39 is 0 Å². The minimum atomic E-state index is -0.104. The van der Waals surface area contributed by atoms with Gasteiger partial charge in [0.1, 0.15) is 0 Å². The van der Waals surface area contributed by atoms with Crippen molar-refractivity contribution in [1.29, 1.82) is 0 Å². The zero-order valence-electron chi connectivity index (χ0n) is 15.7. The predicted molar refractivity (Wildman–Crippen MR) is 107 cm³/mol. The van der Waals surface area contributed by atoms with Crippen molar-refractivity contribution in [1.82, 2.24) is 9.99 Å². The molecule has 1 N–H and O–H groups in total. The number of carbonyl (C=O) groups is 1. The minimum Gasteiger partial charge on any atom is -0.372 e. The topological polar surface area (TPSA) is 49.6 Å². The molecule has 2 aromatic rings. The van der Waals surface area contributed by atoms with Crippen molar-refractivity contribution in [3.05, 3.63) is 53.9 Å². The maximum Gasteiger partial charge on any atom is 0.246 e. The Morgan fingerprint density at radius 3 is 2.38 bits per heavy atom. The zero-order valence-corrected chi connectivity index (χ0v) is 15.7. The van der Waals surface area contributed by atoms with Gasteiger partial charge in [0, 0.05) is 37.7 Å². The molecule has 1 amide bonds. The molecule has 0 atom stereocenters. The summed E-state index contributed by atoms with van der Waals surface area (Å²) in [5.41, 5.74) is 6.74. The highest BCUT2D eigenvalue weighted by molar-refractivity contribution is 5.99. The van der Waals surface area contributed by atoms with Crippen LogP contribution in [0.3, 0.4) is 0 Å². The van der Waals surface area contributed by atoms with Crippen LogP contribution in [0.2, 0.25) is 0 Å². The number of hydrogen-bond donors (Lipinski definition) is 1. The molecule has 26 heavy (non-hydrogen) atoms. The fourth-order valence-electron chi connectivity index (χ4n) is 3.34. The van der Waals surface area contributed by atoms with Crippen molar-refractivity contribution >= 4 is 17.3 Å². The summed E-state index contributed by atoms with van der Waals surface area (Å²) in [5, 5.41) is 4.26. The summed E-state index contributed by atoms with van der Waals surface area (Å²) in [7, 11) is 1.93. The molecule has 1 aromatic carbocycles. The van der Waals surface area contributed by atoms with Crippen LogP contribution in [0.5, 0.6) is 0 Å². The number of hydrogen-bond acceptors (Lipinski definition) is 3. The van der Waals surface area contributed by atoms with Gasteiger partial charge < -0.3 is 9.47 Å². The third-order valence-electron chi connectivity index (χ3n) is 5.00. The number of anilines is 1. The first kappa shape index (κ1) is 18.2. The SMILES string of the molecule is C/C(=N\NC(=O)Cc1cccn1C)c1ccc(N2CCCCCC2)cc1. The second-order valence-corrected chi connectivity index (χ2v) is 6.97. The van der Waals surface area contributed by atoms with Gasteiger partial charge in [-0.2, -0.15) is 5.10 Å². The van der Waals surface area contributed by atoms with Gasteiger partial charge in [-0.05, 0) is 49.6 Å². The lowest BCUT2D eigenvalue weighted by atomic mass is 10.1. The highest BCUT2D eigenvalue weighted by Crippen LogP contribution is 2.20. The molecule has 0 spiro atoms. The van der Waals surface area contributed by atoms with Crippen LogP contribution in [-0.4, -0.2) is 29.3 Å². The highest BCUT2D eigenvalue weighted by Gasteiger charge is 2.10. The molecule has 1 aliphatic rings. The normalized spacial score (nSPS) is 15.6. The molecule has 3 rings (SSSR count). The number of nitrogens with one attached hydrogen (secondary N) is 1. The predicted octanol–water partition coefficient (Wildman–Crippen LogP) is 3.49. The molecule has 1 saturated heterocycles. The summed E-state index contributed by atoms with van der Waals surface area (Å²) in [5.74, 6) is -0.104. The van der Waals surface area contributed by atoms with Gasteiger partial charge >= 0.3 is 0 Å². The van der Waals surface area contributed by atoms with Crippen LogP contribution in [0.25, 0.3) is 0 Å². The van der Waals surface area contributed by atoms with Gasteiger partial charge in [0.15, 0.2) is 0 Å². The molecule has 0 saturated carbocycles. The van der Waals surface area contributed by atoms with Crippen molar-refractivity contribution in [3.8, 4) is 0 Å². The molecule has 1 aromatic heterocycles. The van der Waals surface area contributed by atoms with Crippen molar-refractivity contribution in [3.63, 3.8) is 0 Å². The largest absolute Gasteiger partial charge is 0.372 e. The zero-order chi connectivity index (χ0) is 18.4. The monoisotopic (exact) mass is 352 g/mol. The average Bonchev–Trinajstić information content (AvgIpc) is 2.89. The van der Waals surface area contributed by atoms with Crippen molar-refractivity contribution in [2.75, 3.05) is 18.0 Å².